The molecule has 0 aliphatic heterocycles. The van der Waals surface area contributed by atoms with Crippen molar-refractivity contribution in [3.05, 3.63) is 33.9 Å². The van der Waals surface area contributed by atoms with Gasteiger partial charge in [-0.3, -0.25) is 10.1 Å². The third-order valence-corrected chi connectivity index (χ3v) is 2.81. The minimum atomic E-state index is -1.11. The molecular formula is C16H23NO6. The van der Waals surface area contributed by atoms with Crippen LogP contribution in [-0.4, -0.2) is 33.8 Å². The molecule has 0 radical (unpaired) electrons. The van der Waals surface area contributed by atoms with E-state index in [2.05, 4.69) is 0 Å². The Kier molecular flexibility index (Phi) is 5.71. The molecule has 0 atom stereocenters. The van der Waals surface area contributed by atoms with Crippen LogP contribution in [0, 0.1) is 10.1 Å². The average Bonchev–Trinajstić information content (AvgIpc) is 2.32. The fourth-order valence-electron chi connectivity index (χ4n) is 2.44. The molecule has 1 N–H and O–H groups in total. The Bertz CT molecular complexity index is 589. The van der Waals surface area contributed by atoms with Crippen LogP contribution in [0.15, 0.2) is 18.2 Å². The Balaban J connectivity index is 3.07. The van der Waals surface area contributed by atoms with Crippen molar-refractivity contribution in [2.24, 2.45) is 0 Å². The number of carboxylic acids is 1. The van der Waals surface area contributed by atoms with E-state index in [9.17, 15) is 14.9 Å². The van der Waals surface area contributed by atoms with Gasteiger partial charge in [0.05, 0.1) is 16.1 Å². The molecule has 7 heteroatoms. The fourth-order valence-corrected chi connectivity index (χ4v) is 2.44. The number of rotatable bonds is 7. The summed E-state index contributed by atoms with van der Waals surface area (Å²) in [6.07, 6.45) is 0.296. The summed E-state index contributed by atoms with van der Waals surface area (Å²) in [5.74, 6) is -0.833. The summed E-state index contributed by atoms with van der Waals surface area (Å²) in [6, 6.07) is 4.21. The van der Waals surface area contributed by atoms with Crippen LogP contribution in [0.3, 0.4) is 0 Å². The van der Waals surface area contributed by atoms with Gasteiger partial charge in [0.2, 0.25) is 0 Å². The van der Waals surface area contributed by atoms with E-state index in [4.69, 9.17) is 14.6 Å². The van der Waals surface area contributed by atoms with E-state index in [0.717, 1.165) is 0 Å². The lowest BCUT2D eigenvalue weighted by atomic mass is 9.95. The number of nitro benzene ring substituents is 1. The highest BCUT2D eigenvalue weighted by molar-refractivity contribution is 5.68. The summed E-state index contributed by atoms with van der Waals surface area (Å²) in [6.45, 7) is 8.94. The van der Waals surface area contributed by atoms with Crippen LogP contribution in [0.1, 0.15) is 40.2 Å². The number of hydrogen-bond donors (Lipinski definition) is 1. The van der Waals surface area contributed by atoms with Crippen molar-refractivity contribution in [2.75, 3.05) is 6.61 Å². The number of ether oxygens (including phenoxy) is 2. The molecule has 23 heavy (non-hydrogen) atoms. The van der Waals surface area contributed by atoms with E-state index in [1.54, 1.807) is 0 Å². The third-order valence-electron chi connectivity index (χ3n) is 2.81. The number of carboxylic acid groups (broad SMARTS) is 1. The average molecular weight is 325 g/mol. The van der Waals surface area contributed by atoms with Crippen molar-refractivity contribution in [2.45, 2.75) is 52.2 Å². The normalized spacial score (nSPS) is 12.0. The first-order valence-electron chi connectivity index (χ1n) is 7.22. The van der Waals surface area contributed by atoms with Crippen LogP contribution in [0.4, 0.5) is 5.69 Å². The molecule has 128 valence electrons. The molecule has 0 aromatic heterocycles. The summed E-state index contributed by atoms with van der Waals surface area (Å²) in [5, 5.41) is 19.8. The summed E-state index contributed by atoms with van der Waals surface area (Å²) < 4.78 is 11.0. The highest BCUT2D eigenvalue weighted by Gasteiger charge is 2.29. The fraction of sp³-hybridized carbons (Fsp3) is 0.562. The second kappa shape index (κ2) is 6.95. The standard InChI is InChI=1S/C16H23NO6/c1-15(2,3)23-16(4,5)9-11-8-12(22-10-14(18)19)6-7-13(11)17(20)21/h6-8H,9-10H2,1-5H3,(H,18,19). The maximum atomic E-state index is 11.2. The lowest BCUT2D eigenvalue weighted by Gasteiger charge is -2.33. The SMILES string of the molecule is CC(C)(C)OC(C)(C)Cc1cc(OCC(=O)O)ccc1[N+](=O)[O-]. The first-order chi connectivity index (χ1) is 10.4. The summed E-state index contributed by atoms with van der Waals surface area (Å²) >= 11 is 0. The molecule has 1 aromatic rings. The van der Waals surface area contributed by atoms with E-state index in [1.807, 2.05) is 34.6 Å². The van der Waals surface area contributed by atoms with E-state index in [-0.39, 0.29) is 11.4 Å². The molecule has 0 aliphatic carbocycles. The van der Waals surface area contributed by atoms with Gasteiger partial charge in [-0.05, 0) is 46.8 Å². The maximum Gasteiger partial charge on any atom is 0.341 e. The number of hydrogen-bond acceptors (Lipinski definition) is 5. The van der Waals surface area contributed by atoms with Gasteiger partial charge in [-0.25, -0.2) is 4.79 Å². The Morgan fingerprint density at radius 3 is 2.35 bits per heavy atom. The van der Waals surface area contributed by atoms with Gasteiger partial charge >= 0.3 is 5.97 Å². The monoisotopic (exact) mass is 325 g/mol. The van der Waals surface area contributed by atoms with Gasteiger partial charge in [0.15, 0.2) is 6.61 Å². The molecule has 7 nitrogen and oxygen atoms in total. The number of aliphatic carboxylic acids is 1. The Labute approximate surface area is 135 Å². The number of nitro groups is 1. The number of nitrogens with zero attached hydrogens (tertiary/aromatic N) is 1. The zero-order valence-corrected chi connectivity index (χ0v) is 14.1. The largest absolute Gasteiger partial charge is 0.482 e. The van der Waals surface area contributed by atoms with Crippen molar-refractivity contribution in [3.63, 3.8) is 0 Å². The van der Waals surface area contributed by atoms with Crippen LogP contribution >= 0.6 is 0 Å². The van der Waals surface area contributed by atoms with Crippen LogP contribution in [-0.2, 0) is 16.0 Å². The van der Waals surface area contributed by atoms with Crippen molar-refractivity contribution in [3.8, 4) is 5.75 Å². The van der Waals surface area contributed by atoms with Gasteiger partial charge in [-0.1, -0.05) is 0 Å². The van der Waals surface area contributed by atoms with Gasteiger partial charge in [0, 0.05) is 18.1 Å². The van der Waals surface area contributed by atoms with Crippen molar-refractivity contribution in [1.29, 1.82) is 0 Å². The predicted molar refractivity (Wildman–Crippen MR) is 84.8 cm³/mol. The third kappa shape index (κ3) is 6.65. The summed E-state index contributed by atoms with van der Waals surface area (Å²) in [7, 11) is 0. The first kappa shape index (κ1) is 18.9. The highest BCUT2D eigenvalue weighted by Crippen LogP contribution is 2.30. The minimum Gasteiger partial charge on any atom is -0.482 e. The predicted octanol–water partition coefficient (Wildman–Crippen LogP) is 3.19. The number of carbonyl (C=O) groups is 1. The molecule has 0 spiro atoms. The minimum absolute atomic E-state index is 0.0433. The number of benzene rings is 1. The Hall–Kier alpha value is -2.15. The van der Waals surface area contributed by atoms with E-state index >= 15 is 0 Å². The quantitative estimate of drug-likeness (QED) is 0.610. The van der Waals surface area contributed by atoms with E-state index in [1.165, 1.54) is 18.2 Å². The molecule has 0 amide bonds. The van der Waals surface area contributed by atoms with Crippen molar-refractivity contribution < 1.29 is 24.3 Å². The second-order valence-electron chi connectivity index (χ2n) is 6.88. The van der Waals surface area contributed by atoms with Gasteiger partial charge in [0.25, 0.3) is 5.69 Å². The van der Waals surface area contributed by atoms with E-state index in [0.29, 0.717) is 12.0 Å². The van der Waals surface area contributed by atoms with Gasteiger partial charge in [-0.15, -0.1) is 0 Å². The van der Waals surface area contributed by atoms with Crippen molar-refractivity contribution in [1.82, 2.24) is 0 Å². The Morgan fingerprint density at radius 2 is 1.87 bits per heavy atom. The summed E-state index contributed by atoms with van der Waals surface area (Å²) in [4.78, 5) is 21.3. The second-order valence-corrected chi connectivity index (χ2v) is 6.88. The molecule has 0 saturated carbocycles. The van der Waals surface area contributed by atoms with E-state index < -0.39 is 28.7 Å². The van der Waals surface area contributed by atoms with Crippen LogP contribution in [0.25, 0.3) is 0 Å². The molecule has 1 aromatic carbocycles. The van der Waals surface area contributed by atoms with Crippen molar-refractivity contribution >= 4 is 11.7 Å². The summed E-state index contributed by atoms with van der Waals surface area (Å²) in [5.41, 5.74) is -0.630. The van der Waals surface area contributed by atoms with Gasteiger partial charge in [0.1, 0.15) is 5.75 Å². The lowest BCUT2D eigenvalue weighted by Crippen LogP contribution is -2.36. The molecule has 0 heterocycles. The highest BCUT2D eigenvalue weighted by atomic mass is 16.6. The Morgan fingerprint density at radius 1 is 1.26 bits per heavy atom. The molecule has 0 bridgehead atoms. The van der Waals surface area contributed by atoms with Gasteiger partial charge < -0.3 is 14.6 Å². The van der Waals surface area contributed by atoms with Crippen LogP contribution in [0.2, 0.25) is 0 Å². The maximum absolute atomic E-state index is 11.2. The molecule has 0 fully saturated rings. The molecule has 1 rings (SSSR count). The van der Waals surface area contributed by atoms with Crippen LogP contribution in [0.5, 0.6) is 5.75 Å². The molecule has 0 aliphatic rings. The zero-order chi connectivity index (χ0) is 17.8. The molecular weight excluding hydrogens is 302 g/mol. The smallest absolute Gasteiger partial charge is 0.341 e. The zero-order valence-electron chi connectivity index (χ0n) is 14.1. The first-order valence-corrected chi connectivity index (χ1v) is 7.22. The molecule has 0 saturated heterocycles. The van der Waals surface area contributed by atoms with Gasteiger partial charge in [-0.2, -0.15) is 0 Å². The molecule has 0 unspecified atom stereocenters. The lowest BCUT2D eigenvalue weighted by molar-refractivity contribution is -0.385. The topological polar surface area (TPSA) is 98.9 Å². The van der Waals surface area contributed by atoms with Crippen LogP contribution < -0.4 is 4.74 Å².